The van der Waals surface area contributed by atoms with E-state index in [-0.39, 0.29) is 6.03 Å². The average Bonchev–Trinajstić information content (AvgIpc) is 2.94. The molecule has 2 aromatic rings. The highest BCUT2D eigenvalue weighted by molar-refractivity contribution is 5.93. The van der Waals surface area contributed by atoms with Crippen molar-refractivity contribution in [3.8, 4) is 0 Å². The van der Waals surface area contributed by atoms with Crippen LogP contribution >= 0.6 is 0 Å². The minimum atomic E-state index is -1.02. The summed E-state index contributed by atoms with van der Waals surface area (Å²) in [5.74, 6) is 0. The summed E-state index contributed by atoms with van der Waals surface area (Å²) < 4.78 is 6.02. The first-order chi connectivity index (χ1) is 10.2. The van der Waals surface area contributed by atoms with Gasteiger partial charge in [-0.2, -0.15) is 0 Å². The Bertz CT molecular complexity index is 733. The van der Waals surface area contributed by atoms with E-state index < -0.39 is 5.72 Å². The Balaban J connectivity index is 2.01. The number of anilines is 1. The van der Waals surface area contributed by atoms with E-state index in [4.69, 9.17) is 4.74 Å². The van der Waals surface area contributed by atoms with Crippen LogP contribution in [0.5, 0.6) is 0 Å². The normalized spacial score (nSPS) is 23.5. The minimum Gasteiger partial charge on any atom is -0.343 e. The number of ether oxygens (including phenoxy) is 1. The number of aryl methyl sites for hydroxylation is 1. The maximum atomic E-state index is 12.4. The summed E-state index contributed by atoms with van der Waals surface area (Å²) in [6.07, 6.45) is 1.70. The molecule has 106 valence electrons. The van der Waals surface area contributed by atoms with Crippen LogP contribution in [0.1, 0.15) is 17.1 Å². The summed E-state index contributed by atoms with van der Waals surface area (Å²) in [4.78, 5) is 23.1. The van der Waals surface area contributed by atoms with Crippen LogP contribution in [0.15, 0.2) is 36.5 Å². The Kier molecular flexibility index (Phi) is 2.49. The molecule has 2 aromatic heterocycles. The molecule has 1 atom stereocenters. The van der Waals surface area contributed by atoms with Crippen LogP contribution in [0.2, 0.25) is 0 Å². The standard InChI is InChI=1S/C15H14N4O2/c1-10-4-2-6-12(17-10)15-13-11(5-3-7-16-13)18-14(20)19(15)8-9-21-15/h2-7H,8-9H2,1H3,(H,18,20). The van der Waals surface area contributed by atoms with Gasteiger partial charge in [0.05, 0.1) is 18.0 Å². The number of fused-ring (bicyclic) bond motifs is 3. The Morgan fingerprint density at radius 2 is 2.24 bits per heavy atom. The van der Waals surface area contributed by atoms with Gasteiger partial charge in [0, 0.05) is 18.4 Å². The third kappa shape index (κ3) is 1.59. The van der Waals surface area contributed by atoms with Gasteiger partial charge in [0.2, 0.25) is 5.72 Å². The molecule has 4 rings (SSSR count). The fourth-order valence-electron chi connectivity index (χ4n) is 2.98. The lowest BCUT2D eigenvalue weighted by Crippen LogP contribution is -2.53. The molecule has 1 N–H and O–H groups in total. The lowest BCUT2D eigenvalue weighted by Gasteiger charge is -2.40. The first-order valence-electron chi connectivity index (χ1n) is 6.84. The number of hydrogen-bond donors (Lipinski definition) is 1. The first kappa shape index (κ1) is 12.3. The van der Waals surface area contributed by atoms with Crippen LogP contribution in [-0.4, -0.2) is 34.1 Å². The van der Waals surface area contributed by atoms with Gasteiger partial charge in [-0.1, -0.05) is 6.07 Å². The predicted molar refractivity (Wildman–Crippen MR) is 75.7 cm³/mol. The molecule has 1 unspecified atom stereocenters. The van der Waals surface area contributed by atoms with Gasteiger partial charge >= 0.3 is 6.03 Å². The highest BCUT2D eigenvalue weighted by Gasteiger charge is 2.54. The Morgan fingerprint density at radius 3 is 3.10 bits per heavy atom. The van der Waals surface area contributed by atoms with Crippen molar-refractivity contribution in [3.05, 3.63) is 53.6 Å². The second-order valence-electron chi connectivity index (χ2n) is 5.14. The van der Waals surface area contributed by atoms with Crippen LogP contribution in [0, 0.1) is 6.92 Å². The number of pyridine rings is 2. The van der Waals surface area contributed by atoms with E-state index in [1.807, 2.05) is 31.2 Å². The number of hydrogen-bond acceptors (Lipinski definition) is 4. The Hall–Kier alpha value is -2.47. The molecule has 0 aromatic carbocycles. The van der Waals surface area contributed by atoms with Crippen molar-refractivity contribution in [1.29, 1.82) is 0 Å². The summed E-state index contributed by atoms with van der Waals surface area (Å²) >= 11 is 0. The van der Waals surface area contributed by atoms with Gasteiger partial charge < -0.3 is 10.1 Å². The molecule has 2 aliphatic heterocycles. The maximum absolute atomic E-state index is 12.4. The first-order valence-corrected chi connectivity index (χ1v) is 6.84. The third-order valence-electron chi connectivity index (χ3n) is 3.86. The van der Waals surface area contributed by atoms with E-state index in [2.05, 4.69) is 15.3 Å². The van der Waals surface area contributed by atoms with Crippen molar-refractivity contribution < 1.29 is 9.53 Å². The SMILES string of the molecule is Cc1cccc(C23OCCN2C(=O)Nc2cccnc23)n1. The van der Waals surface area contributed by atoms with Gasteiger partial charge in [-0.3, -0.25) is 14.9 Å². The molecular weight excluding hydrogens is 268 g/mol. The molecule has 21 heavy (non-hydrogen) atoms. The van der Waals surface area contributed by atoms with E-state index in [0.717, 1.165) is 5.69 Å². The number of aromatic nitrogens is 2. The van der Waals surface area contributed by atoms with Gasteiger partial charge in [-0.15, -0.1) is 0 Å². The minimum absolute atomic E-state index is 0.184. The third-order valence-corrected chi connectivity index (χ3v) is 3.86. The summed E-state index contributed by atoms with van der Waals surface area (Å²) in [5.41, 5.74) is 1.89. The molecule has 0 saturated carbocycles. The van der Waals surface area contributed by atoms with Crippen molar-refractivity contribution in [2.24, 2.45) is 0 Å². The van der Waals surface area contributed by atoms with Gasteiger partial charge in [0.1, 0.15) is 5.69 Å². The second-order valence-corrected chi connectivity index (χ2v) is 5.14. The number of nitrogens with zero attached hydrogens (tertiary/aromatic N) is 3. The monoisotopic (exact) mass is 282 g/mol. The van der Waals surface area contributed by atoms with Gasteiger partial charge in [0.15, 0.2) is 0 Å². The molecule has 1 fully saturated rings. The molecule has 0 spiro atoms. The summed E-state index contributed by atoms with van der Waals surface area (Å²) in [7, 11) is 0. The highest BCUT2D eigenvalue weighted by atomic mass is 16.5. The van der Waals surface area contributed by atoms with Gasteiger partial charge in [-0.25, -0.2) is 4.79 Å². The van der Waals surface area contributed by atoms with E-state index >= 15 is 0 Å². The molecule has 0 radical (unpaired) electrons. The molecule has 6 heteroatoms. The predicted octanol–water partition coefficient (Wildman–Crippen LogP) is 1.86. The Morgan fingerprint density at radius 1 is 1.33 bits per heavy atom. The second kappa shape index (κ2) is 4.26. The van der Waals surface area contributed by atoms with Gasteiger partial charge in [0.25, 0.3) is 0 Å². The van der Waals surface area contributed by atoms with Crippen LogP contribution in [0.25, 0.3) is 0 Å². The largest absolute Gasteiger partial charge is 0.343 e. The zero-order valence-electron chi connectivity index (χ0n) is 11.5. The number of amides is 2. The number of carbonyl (C=O) groups excluding carboxylic acids is 1. The van der Waals surface area contributed by atoms with E-state index in [1.165, 1.54) is 0 Å². The summed E-state index contributed by atoms with van der Waals surface area (Å²) in [6, 6.07) is 9.15. The van der Waals surface area contributed by atoms with E-state index in [0.29, 0.717) is 30.2 Å². The quantitative estimate of drug-likeness (QED) is 0.867. The molecular formula is C15H14N4O2. The highest BCUT2D eigenvalue weighted by Crippen LogP contribution is 2.44. The lowest BCUT2D eigenvalue weighted by atomic mass is 9.98. The van der Waals surface area contributed by atoms with Crippen LogP contribution in [0.4, 0.5) is 10.5 Å². The van der Waals surface area contributed by atoms with E-state index in [9.17, 15) is 4.79 Å². The number of rotatable bonds is 1. The summed E-state index contributed by atoms with van der Waals surface area (Å²) in [5, 5.41) is 2.86. The van der Waals surface area contributed by atoms with Crippen molar-refractivity contribution in [2.45, 2.75) is 12.6 Å². The zero-order valence-corrected chi connectivity index (χ0v) is 11.5. The topological polar surface area (TPSA) is 67.3 Å². The Labute approximate surface area is 121 Å². The molecule has 2 amide bonds. The van der Waals surface area contributed by atoms with Crippen LogP contribution in [-0.2, 0) is 10.5 Å². The number of nitrogens with one attached hydrogen (secondary N) is 1. The molecule has 6 nitrogen and oxygen atoms in total. The molecule has 0 bridgehead atoms. The van der Waals surface area contributed by atoms with Crippen LogP contribution < -0.4 is 5.32 Å². The van der Waals surface area contributed by atoms with Crippen molar-refractivity contribution >= 4 is 11.7 Å². The lowest BCUT2D eigenvalue weighted by molar-refractivity contribution is -0.0396. The van der Waals surface area contributed by atoms with E-state index in [1.54, 1.807) is 17.2 Å². The number of urea groups is 1. The molecule has 0 aliphatic carbocycles. The number of carbonyl (C=O) groups is 1. The summed E-state index contributed by atoms with van der Waals surface area (Å²) in [6.45, 7) is 2.89. The molecule has 1 saturated heterocycles. The molecule has 4 heterocycles. The fourth-order valence-corrected chi connectivity index (χ4v) is 2.98. The molecule has 2 aliphatic rings. The van der Waals surface area contributed by atoms with Crippen molar-refractivity contribution in [3.63, 3.8) is 0 Å². The fraction of sp³-hybridized carbons (Fsp3) is 0.267. The average molecular weight is 282 g/mol. The van der Waals surface area contributed by atoms with Gasteiger partial charge in [-0.05, 0) is 31.2 Å². The van der Waals surface area contributed by atoms with Crippen molar-refractivity contribution in [2.75, 3.05) is 18.5 Å². The zero-order chi connectivity index (χ0) is 14.4. The van der Waals surface area contributed by atoms with Crippen LogP contribution in [0.3, 0.4) is 0 Å². The smallest absolute Gasteiger partial charge is 0.324 e. The van der Waals surface area contributed by atoms with Crippen molar-refractivity contribution in [1.82, 2.24) is 14.9 Å². The maximum Gasteiger partial charge on any atom is 0.324 e.